The van der Waals surface area contributed by atoms with Gasteiger partial charge in [-0.15, -0.1) is 0 Å². The van der Waals surface area contributed by atoms with E-state index in [1.165, 1.54) is 0 Å². The molecule has 0 spiro atoms. The standard InChI is InChI=1S/C20H24N2O4/c1-5-26-20(24)22-16-9-7-15(8-10-16)19(23)21-14(3)17-12-13(2)6-11-18(17)25-4/h6-12,14H,5H2,1-4H3,(H,21,23)(H,22,24)/t14-/m1/s1. The topological polar surface area (TPSA) is 76.7 Å². The average molecular weight is 356 g/mol. The summed E-state index contributed by atoms with van der Waals surface area (Å²) in [4.78, 5) is 23.9. The maximum Gasteiger partial charge on any atom is 0.411 e. The fourth-order valence-corrected chi connectivity index (χ4v) is 2.54. The lowest BCUT2D eigenvalue weighted by molar-refractivity contribution is 0.0939. The van der Waals surface area contributed by atoms with Crippen molar-refractivity contribution in [2.24, 2.45) is 0 Å². The van der Waals surface area contributed by atoms with Crippen molar-refractivity contribution >= 4 is 17.7 Å². The first-order valence-corrected chi connectivity index (χ1v) is 8.43. The van der Waals surface area contributed by atoms with Gasteiger partial charge in [-0.3, -0.25) is 10.1 Å². The molecule has 6 nitrogen and oxygen atoms in total. The van der Waals surface area contributed by atoms with E-state index in [0.717, 1.165) is 16.9 Å². The molecule has 138 valence electrons. The Kier molecular flexibility index (Phi) is 6.60. The van der Waals surface area contributed by atoms with Crippen LogP contribution in [0.1, 0.15) is 41.4 Å². The van der Waals surface area contributed by atoms with E-state index in [9.17, 15) is 9.59 Å². The molecule has 2 amide bonds. The lowest BCUT2D eigenvalue weighted by atomic mass is 10.0. The Bertz CT molecular complexity index is 772. The van der Waals surface area contributed by atoms with Crippen molar-refractivity contribution in [3.63, 3.8) is 0 Å². The smallest absolute Gasteiger partial charge is 0.411 e. The monoisotopic (exact) mass is 356 g/mol. The van der Waals surface area contributed by atoms with Crippen molar-refractivity contribution in [2.75, 3.05) is 19.0 Å². The Morgan fingerprint density at radius 2 is 1.81 bits per heavy atom. The molecule has 2 N–H and O–H groups in total. The molecule has 0 saturated carbocycles. The van der Waals surface area contributed by atoms with E-state index in [1.807, 2.05) is 32.0 Å². The minimum absolute atomic E-state index is 0.205. The molecule has 2 aromatic rings. The predicted molar refractivity (Wildman–Crippen MR) is 101 cm³/mol. The lowest BCUT2D eigenvalue weighted by Gasteiger charge is -2.18. The molecule has 0 heterocycles. The highest BCUT2D eigenvalue weighted by Crippen LogP contribution is 2.26. The highest BCUT2D eigenvalue weighted by Gasteiger charge is 2.15. The van der Waals surface area contributed by atoms with Gasteiger partial charge in [0.15, 0.2) is 0 Å². The highest BCUT2D eigenvalue weighted by atomic mass is 16.5. The molecule has 1 atom stereocenters. The number of nitrogens with one attached hydrogen (secondary N) is 2. The summed E-state index contributed by atoms with van der Waals surface area (Å²) in [7, 11) is 1.61. The summed E-state index contributed by atoms with van der Waals surface area (Å²) in [5.41, 5.74) is 3.07. The van der Waals surface area contributed by atoms with E-state index in [4.69, 9.17) is 9.47 Å². The first kappa shape index (κ1) is 19.3. The summed E-state index contributed by atoms with van der Waals surface area (Å²) < 4.78 is 10.2. The third kappa shape index (κ3) is 4.99. The Balaban J connectivity index is 2.05. The lowest BCUT2D eigenvalue weighted by Crippen LogP contribution is -2.27. The van der Waals surface area contributed by atoms with Crippen LogP contribution in [-0.4, -0.2) is 25.7 Å². The van der Waals surface area contributed by atoms with E-state index >= 15 is 0 Å². The molecule has 0 aliphatic heterocycles. The van der Waals surface area contributed by atoms with Crippen LogP contribution < -0.4 is 15.4 Å². The van der Waals surface area contributed by atoms with Gasteiger partial charge in [0, 0.05) is 16.8 Å². The van der Waals surface area contributed by atoms with Gasteiger partial charge in [0.1, 0.15) is 5.75 Å². The summed E-state index contributed by atoms with van der Waals surface area (Å²) >= 11 is 0. The van der Waals surface area contributed by atoms with Gasteiger partial charge < -0.3 is 14.8 Å². The van der Waals surface area contributed by atoms with Crippen LogP contribution in [0.4, 0.5) is 10.5 Å². The summed E-state index contributed by atoms with van der Waals surface area (Å²) in [6.45, 7) is 5.93. The van der Waals surface area contributed by atoms with E-state index < -0.39 is 6.09 Å². The zero-order valence-electron chi connectivity index (χ0n) is 15.5. The van der Waals surface area contributed by atoms with E-state index in [0.29, 0.717) is 17.9 Å². The number of carbonyl (C=O) groups is 2. The molecule has 26 heavy (non-hydrogen) atoms. The first-order chi connectivity index (χ1) is 12.4. The molecule has 0 bridgehead atoms. The van der Waals surface area contributed by atoms with E-state index in [-0.39, 0.29) is 11.9 Å². The fraction of sp³-hybridized carbons (Fsp3) is 0.300. The largest absolute Gasteiger partial charge is 0.496 e. The second-order valence-corrected chi connectivity index (χ2v) is 5.86. The zero-order chi connectivity index (χ0) is 19.1. The fourth-order valence-electron chi connectivity index (χ4n) is 2.54. The van der Waals surface area contributed by atoms with Crippen LogP contribution in [-0.2, 0) is 4.74 Å². The molecule has 0 fully saturated rings. The van der Waals surface area contributed by atoms with Crippen LogP contribution in [0.2, 0.25) is 0 Å². The molecule has 2 rings (SSSR count). The minimum atomic E-state index is -0.523. The van der Waals surface area contributed by atoms with Crippen molar-refractivity contribution in [1.29, 1.82) is 0 Å². The van der Waals surface area contributed by atoms with Gasteiger partial charge in [-0.05, 0) is 51.1 Å². The number of hydrogen-bond donors (Lipinski definition) is 2. The molecule has 2 aromatic carbocycles. The van der Waals surface area contributed by atoms with E-state index in [1.54, 1.807) is 38.3 Å². The summed E-state index contributed by atoms with van der Waals surface area (Å²) in [5, 5.41) is 5.55. The second-order valence-electron chi connectivity index (χ2n) is 5.86. The molecular formula is C20H24N2O4. The summed E-state index contributed by atoms with van der Waals surface area (Å²) in [6.07, 6.45) is -0.523. The maximum absolute atomic E-state index is 12.5. The van der Waals surface area contributed by atoms with Crippen LogP contribution in [0, 0.1) is 6.92 Å². The number of carbonyl (C=O) groups excluding carboxylic acids is 2. The number of rotatable bonds is 6. The Labute approximate surface area is 153 Å². The van der Waals surface area contributed by atoms with Gasteiger partial charge in [-0.2, -0.15) is 0 Å². The van der Waals surface area contributed by atoms with Crippen molar-refractivity contribution in [3.8, 4) is 5.75 Å². The SMILES string of the molecule is CCOC(=O)Nc1ccc(C(=O)N[C@H](C)c2cc(C)ccc2OC)cc1. The second kappa shape index (κ2) is 8.89. The van der Waals surface area contributed by atoms with Gasteiger partial charge in [-0.1, -0.05) is 17.7 Å². The number of ether oxygens (including phenoxy) is 2. The number of aryl methyl sites for hydroxylation is 1. The number of anilines is 1. The highest BCUT2D eigenvalue weighted by molar-refractivity contribution is 5.95. The quantitative estimate of drug-likeness (QED) is 0.818. The number of methoxy groups -OCH3 is 1. The minimum Gasteiger partial charge on any atom is -0.496 e. The molecule has 6 heteroatoms. The van der Waals surface area contributed by atoms with Crippen molar-refractivity contribution in [2.45, 2.75) is 26.8 Å². The van der Waals surface area contributed by atoms with Gasteiger partial charge >= 0.3 is 6.09 Å². The van der Waals surface area contributed by atoms with Crippen LogP contribution in [0.5, 0.6) is 5.75 Å². The van der Waals surface area contributed by atoms with Gasteiger partial charge in [-0.25, -0.2) is 4.79 Å². The van der Waals surface area contributed by atoms with Gasteiger partial charge in [0.2, 0.25) is 0 Å². The molecule has 0 radical (unpaired) electrons. The Morgan fingerprint density at radius 3 is 2.42 bits per heavy atom. The van der Waals surface area contributed by atoms with Crippen LogP contribution in [0.25, 0.3) is 0 Å². The number of hydrogen-bond acceptors (Lipinski definition) is 4. The van der Waals surface area contributed by atoms with Crippen LogP contribution in [0.3, 0.4) is 0 Å². The molecule has 0 aromatic heterocycles. The normalized spacial score (nSPS) is 11.4. The van der Waals surface area contributed by atoms with Gasteiger partial charge in [0.25, 0.3) is 5.91 Å². The number of benzene rings is 2. The van der Waals surface area contributed by atoms with Crippen LogP contribution in [0.15, 0.2) is 42.5 Å². The summed E-state index contributed by atoms with van der Waals surface area (Å²) in [6, 6.07) is 12.3. The molecule has 0 unspecified atom stereocenters. The van der Waals surface area contributed by atoms with Crippen LogP contribution >= 0.6 is 0 Å². The maximum atomic E-state index is 12.5. The predicted octanol–water partition coefficient (Wildman–Crippen LogP) is 4.06. The zero-order valence-corrected chi connectivity index (χ0v) is 15.5. The average Bonchev–Trinajstić information content (AvgIpc) is 2.62. The van der Waals surface area contributed by atoms with E-state index in [2.05, 4.69) is 10.6 Å². The Hall–Kier alpha value is -3.02. The molecule has 0 saturated heterocycles. The van der Waals surface area contributed by atoms with Crippen molar-refractivity contribution in [1.82, 2.24) is 5.32 Å². The molecule has 0 aliphatic rings. The number of amides is 2. The van der Waals surface area contributed by atoms with Gasteiger partial charge in [0.05, 0.1) is 19.8 Å². The molecular weight excluding hydrogens is 332 g/mol. The summed E-state index contributed by atoms with van der Waals surface area (Å²) in [5.74, 6) is 0.529. The van der Waals surface area contributed by atoms with Crippen molar-refractivity contribution < 1.29 is 19.1 Å². The van der Waals surface area contributed by atoms with Crippen molar-refractivity contribution in [3.05, 3.63) is 59.2 Å². The first-order valence-electron chi connectivity index (χ1n) is 8.43. The third-order valence-corrected chi connectivity index (χ3v) is 3.87. The third-order valence-electron chi connectivity index (χ3n) is 3.87. The Morgan fingerprint density at radius 1 is 1.12 bits per heavy atom. The molecule has 0 aliphatic carbocycles.